The molecule has 2 aliphatic heterocycles. The molecule has 0 bridgehead atoms. The van der Waals surface area contributed by atoms with Gasteiger partial charge in [-0.25, -0.2) is 4.98 Å². The fourth-order valence-electron chi connectivity index (χ4n) is 3.16. The number of carbonyl (C=O) groups excluding carboxylic acids is 1. The number of nitrogens with zero attached hydrogens (tertiary/aromatic N) is 5. The van der Waals surface area contributed by atoms with Crippen LogP contribution in [0.3, 0.4) is 0 Å². The predicted molar refractivity (Wildman–Crippen MR) is 93.5 cm³/mol. The third-order valence-corrected chi connectivity index (χ3v) is 4.54. The highest BCUT2D eigenvalue weighted by Gasteiger charge is 2.23. The van der Waals surface area contributed by atoms with Crippen LogP contribution in [-0.4, -0.2) is 73.3 Å². The number of aryl methyl sites for hydroxylation is 1. The van der Waals surface area contributed by atoms with Crippen molar-refractivity contribution in [1.29, 1.82) is 0 Å². The molecule has 3 rings (SSSR count). The lowest BCUT2D eigenvalue weighted by Crippen LogP contribution is -2.49. The van der Waals surface area contributed by atoms with Crippen molar-refractivity contribution >= 4 is 17.7 Å². The number of morpholine rings is 1. The first kappa shape index (κ1) is 17.0. The Labute approximate surface area is 143 Å². The normalized spacial score (nSPS) is 18.8. The van der Waals surface area contributed by atoms with E-state index < -0.39 is 0 Å². The highest BCUT2D eigenvalue weighted by molar-refractivity contribution is 5.76. The third-order valence-electron chi connectivity index (χ3n) is 4.54. The van der Waals surface area contributed by atoms with Crippen LogP contribution in [0.5, 0.6) is 0 Å². The molecule has 0 aliphatic carbocycles. The van der Waals surface area contributed by atoms with Gasteiger partial charge in [-0.05, 0) is 13.3 Å². The number of hydrogen-bond donors (Lipinski definition) is 0. The molecule has 1 aromatic heterocycles. The van der Waals surface area contributed by atoms with Crippen molar-refractivity contribution in [3.63, 3.8) is 0 Å². The molecule has 0 saturated carbocycles. The fraction of sp³-hybridized carbons (Fsp3) is 0.706. The van der Waals surface area contributed by atoms with Gasteiger partial charge in [-0.1, -0.05) is 6.92 Å². The maximum atomic E-state index is 12.0. The highest BCUT2D eigenvalue weighted by atomic mass is 16.5. The standard InChI is InChI=1S/C17H27N5O2/c1-3-4-16(23)21-7-5-20(6-8-21)15-13-14(2)18-17(19-15)22-9-11-24-12-10-22/h13H,3-12H2,1-2H3. The smallest absolute Gasteiger partial charge is 0.227 e. The largest absolute Gasteiger partial charge is 0.378 e. The molecule has 1 aromatic rings. The van der Waals surface area contributed by atoms with Crippen LogP contribution < -0.4 is 9.80 Å². The van der Waals surface area contributed by atoms with Gasteiger partial charge in [-0.3, -0.25) is 4.79 Å². The number of amides is 1. The van der Waals surface area contributed by atoms with Crippen molar-refractivity contribution in [3.05, 3.63) is 11.8 Å². The lowest BCUT2D eigenvalue weighted by Gasteiger charge is -2.36. The first-order valence-electron chi connectivity index (χ1n) is 8.88. The van der Waals surface area contributed by atoms with Gasteiger partial charge in [-0.15, -0.1) is 0 Å². The Morgan fingerprint density at radius 3 is 2.46 bits per heavy atom. The Balaban J connectivity index is 1.67. The summed E-state index contributed by atoms with van der Waals surface area (Å²) in [6.45, 7) is 10.4. The molecule has 0 radical (unpaired) electrons. The first-order chi connectivity index (χ1) is 11.7. The van der Waals surface area contributed by atoms with E-state index in [0.29, 0.717) is 6.42 Å². The van der Waals surface area contributed by atoms with E-state index in [1.165, 1.54) is 0 Å². The maximum Gasteiger partial charge on any atom is 0.227 e. The summed E-state index contributed by atoms with van der Waals surface area (Å²) >= 11 is 0. The predicted octanol–water partition coefficient (Wildman–Crippen LogP) is 1.07. The van der Waals surface area contributed by atoms with E-state index >= 15 is 0 Å². The number of anilines is 2. The molecule has 3 heterocycles. The van der Waals surface area contributed by atoms with E-state index in [9.17, 15) is 4.79 Å². The zero-order chi connectivity index (χ0) is 16.9. The molecule has 2 saturated heterocycles. The van der Waals surface area contributed by atoms with Crippen LogP contribution in [0.25, 0.3) is 0 Å². The second kappa shape index (κ2) is 7.79. The first-order valence-corrected chi connectivity index (χ1v) is 8.88. The van der Waals surface area contributed by atoms with E-state index in [1.807, 2.05) is 24.8 Å². The average Bonchev–Trinajstić information content (AvgIpc) is 2.62. The molecule has 2 aliphatic rings. The Kier molecular flexibility index (Phi) is 5.50. The summed E-state index contributed by atoms with van der Waals surface area (Å²) in [6, 6.07) is 2.04. The SMILES string of the molecule is CCCC(=O)N1CCN(c2cc(C)nc(N3CCOCC3)n2)CC1. The third kappa shape index (κ3) is 3.95. The molecule has 7 nitrogen and oxygen atoms in total. The molecule has 132 valence electrons. The number of rotatable bonds is 4. The summed E-state index contributed by atoms with van der Waals surface area (Å²) in [5.41, 5.74) is 0.978. The summed E-state index contributed by atoms with van der Waals surface area (Å²) in [4.78, 5) is 27.8. The summed E-state index contributed by atoms with van der Waals surface area (Å²) < 4.78 is 5.41. The number of hydrogen-bond acceptors (Lipinski definition) is 6. The minimum atomic E-state index is 0.269. The van der Waals surface area contributed by atoms with Gasteiger partial charge in [0.25, 0.3) is 0 Å². The van der Waals surface area contributed by atoms with Crippen LogP contribution in [-0.2, 0) is 9.53 Å². The van der Waals surface area contributed by atoms with Crippen LogP contribution >= 0.6 is 0 Å². The number of ether oxygens (including phenoxy) is 1. The molecule has 0 aromatic carbocycles. The topological polar surface area (TPSA) is 61.8 Å². The summed E-state index contributed by atoms with van der Waals surface area (Å²) in [5.74, 6) is 2.02. The summed E-state index contributed by atoms with van der Waals surface area (Å²) in [7, 11) is 0. The molecule has 7 heteroatoms. The summed E-state index contributed by atoms with van der Waals surface area (Å²) in [6.07, 6.45) is 1.56. The van der Waals surface area contributed by atoms with Crippen molar-refractivity contribution in [2.45, 2.75) is 26.7 Å². The van der Waals surface area contributed by atoms with Crippen LogP contribution in [0, 0.1) is 6.92 Å². The van der Waals surface area contributed by atoms with Crippen LogP contribution in [0.1, 0.15) is 25.5 Å². The van der Waals surface area contributed by atoms with Gasteiger partial charge in [0.1, 0.15) is 5.82 Å². The molecule has 0 spiro atoms. The van der Waals surface area contributed by atoms with Crippen LogP contribution in [0.4, 0.5) is 11.8 Å². The van der Waals surface area contributed by atoms with Gasteiger partial charge in [0.15, 0.2) is 0 Å². The maximum absolute atomic E-state index is 12.0. The molecule has 2 fully saturated rings. The van der Waals surface area contributed by atoms with E-state index in [-0.39, 0.29) is 5.91 Å². The lowest BCUT2D eigenvalue weighted by molar-refractivity contribution is -0.131. The zero-order valence-corrected chi connectivity index (χ0v) is 14.7. The van der Waals surface area contributed by atoms with Crippen molar-refractivity contribution in [3.8, 4) is 0 Å². The van der Waals surface area contributed by atoms with E-state index in [1.54, 1.807) is 0 Å². The quantitative estimate of drug-likeness (QED) is 0.821. The molecule has 0 atom stereocenters. The minimum Gasteiger partial charge on any atom is -0.378 e. The Bertz CT molecular complexity index is 566. The van der Waals surface area contributed by atoms with Crippen molar-refractivity contribution in [1.82, 2.24) is 14.9 Å². The molecular formula is C17H27N5O2. The molecule has 0 unspecified atom stereocenters. The average molecular weight is 333 g/mol. The van der Waals surface area contributed by atoms with Crippen LogP contribution in [0.15, 0.2) is 6.07 Å². The zero-order valence-electron chi connectivity index (χ0n) is 14.7. The van der Waals surface area contributed by atoms with Gasteiger partial charge in [0.2, 0.25) is 11.9 Å². The van der Waals surface area contributed by atoms with Crippen molar-refractivity contribution in [2.75, 3.05) is 62.3 Å². The van der Waals surface area contributed by atoms with Crippen molar-refractivity contribution in [2.24, 2.45) is 0 Å². The van der Waals surface area contributed by atoms with Gasteiger partial charge in [-0.2, -0.15) is 4.98 Å². The van der Waals surface area contributed by atoms with Gasteiger partial charge >= 0.3 is 0 Å². The molecule has 1 amide bonds. The number of aromatic nitrogens is 2. The van der Waals surface area contributed by atoms with Gasteiger partial charge in [0, 0.05) is 57.4 Å². The van der Waals surface area contributed by atoms with Crippen LogP contribution in [0.2, 0.25) is 0 Å². The Hall–Kier alpha value is -1.89. The van der Waals surface area contributed by atoms with Gasteiger partial charge < -0.3 is 19.4 Å². The Morgan fingerprint density at radius 1 is 1.08 bits per heavy atom. The van der Waals surface area contributed by atoms with Crippen molar-refractivity contribution < 1.29 is 9.53 Å². The lowest BCUT2D eigenvalue weighted by atomic mass is 10.2. The Morgan fingerprint density at radius 2 is 1.79 bits per heavy atom. The molecule has 0 N–H and O–H groups in total. The second-order valence-corrected chi connectivity index (χ2v) is 6.38. The number of carbonyl (C=O) groups is 1. The second-order valence-electron chi connectivity index (χ2n) is 6.38. The van der Waals surface area contributed by atoms with E-state index in [2.05, 4.69) is 14.8 Å². The van der Waals surface area contributed by atoms with E-state index in [0.717, 1.165) is 76.4 Å². The molecular weight excluding hydrogens is 306 g/mol. The number of piperazine rings is 1. The molecule has 24 heavy (non-hydrogen) atoms. The highest BCUT2D eigenvalue weighted by Crippen LogP contribution is 2.20. The fourth-order valence-corrected chi connectivity index (χ4v) is 3.16. The monoisotopic (exact) mass is 333 g/mol. The van der Waals surface area contributed by atoms with E-state index in [4.69, 9.17) is 9.72 Å². The minimum absolute atomic E-state index is 0.269. The van der Waals surface area contributed by atoms with Gasteiger partial charge in [0.05, 0.1) is 13.2 Å². The summed E-state index contributed by atoms with van der Waals surface area (Å²) in [5, 5.41) is 0.